The number of hydrogen-bond acceptors (Lipinski definition) is 5. The van der Waals surface area contributed by atoms with E-state index < -0.39 is 10.0 Å². The van der Waals surface area contributed by atoms with Gasteiger partial charge in [0.25, 0.3) is 0 Å². The Kier molecular flexibility index (Phi) is 3.81. The van der Waals surface area contributed by atoms with E-state index in [1.54, 1.807) is 16.4 Å². The summed E-state index contributed by atoms with van der Waals surface area (Å²) >= 11 is 0. The SMILES string of the molecule is COc1ccc(S(=O)(=O)N2CCN(C3CC3)CC2)cc1N. The number of ether oxygens (including phenoxy) is 1. The van der Waals surface area contributed by atoms with Gasteiger partial charge in [-0.15, -0.1) is 0 Å². The average Bonchev–Trinajstić information content (AvgIpc) is 3.32. The first kappa shape index (κ1) is 14.6. The minimum Gasteiger partial charge on any atom is -0.495 e. The second-order valence-corrected chi connectivity index (χ2v) is 7.51. The van der Waals surface area contributed by atoms with Crippen molar-refractivity contribution in [3.63, 3.8) is 0 Å². The third-order valence-corrected chi connectivity index (χ3v) is 6.07. The molecule has 0 unspecified atom stereocenters. The summed E-state index contributed by atoms with van der Waals surface area (Å²) in [5, 5.41) is 0. The molecule has 1 aliphatic carbocycles. The van der Waals surface area contributed by atoms with E-state index in [9.17, 15) is 8.42 Å². The van der Waals surface area contributed by atoms with Gasteiger partial charge in [0.15, 0.2) is 0 Å². The van der Waals surface area contributed by atoms with Crippen LogP contribution >= 0.6 is 0 Å². The molecule has 2 fully saturated rings. The zero-order valence-electron chi connectivity index (χ0n) is 12.2. The maximum atomic E-state index is 12.6. The van der Waals surface area contributed by atoms with Crippen molar-refractivity contribution >= 4 is 15.7 Å². The van der Waals surface area contributed by atoms with Crippen LogP contribution in [0.2, 0.25) is 0 Å². The molecule has 116 valence electrons. The van der Waals surface area contributed by atoms with Crippen LogP contribution < -0.4 is 10.5 Å². The van der Waals surface area contributed by atoms with E-state index in [2.05, 4.69) is 4.90 Å². The minimum absolute atomic E-state index is 0.237. The second-order valence-electron chi connectivity index (χ2n) is 5.57. The number of piperazine rings is 1. The van der Waals surface area contributed by atoms with Crippen LogP contribution in [0.4, 0.5) is 5.69 Å². The van der Waals surface area contributed by atoms with Crippen LogP contribution in [0.15, 0.2) is 23.1 Å². The fourth-order valence-electron chi connectivity index (χ4n) is 2.77. The summed E-state index contributed by atoms with van der Waals surface area (Å²) in [4.78, 5) is 2.62. The quantitative estimate of drug-likeness (QED) is 0.830. The number of methoxy groups -OCH3 is 1. The number of nitrogens with zero attached hydrogens (tertiary/aromatic N) is 2. The largest absolute Gasteiger partial charge is 0.495 e. The molecule has 2 aliphatic rings. The van der Waals surface area contributed by atoms with Crippen molar-refractivity contribution < 1.29 is 13.2 Å². The first-order valence-corrected chi connectivity index (χ1v) is 8.64. The molecule has 2 N–H and O–H groups in total. The zero-order valence-corrected chi connectivity index (χ0v) is 13.0. The van der Waals surface area contributed by atoms with E-state index >= 15 is 0 Å². The van der Waals surface area contributed by atoms with Gasteiger partial charge >= 0.3 is 0 Å². The van der Waals surface area contributed by atoms with Gasteiger partial charge in [0.05, 0.1) is 17.7 Å². The first-order valence-electron chi connectivity index (χ1n) is 7.20. The Hall–Kier alpha value is -1.31. The monoisotopic (exact) mass is 311 g/mol. The van der Waals surface area contributed by atoms with Crippen molar-refractivity contribution in [2.24, 2.45) is 0 Å². The maximum absolute atomic E-state index is 12.6. The van der Waals surface area contributed by atoms with E-state index in [1.165, 1.54) is 26.0 Å². The lowest BCUT2D eigenvalue weighted by Gasteiger charge is -2.34. The molecule has 1 aromatic rings. The minimum atomic E-state index is -3.47. The summed E-state index contributed by atoms with van der Waals surface area (Å²) in [5.41, 5.74) is 6.15. The molecular formula is C14H21N3O3S. The highest BCUT2D eigenvalue weighted by Gasteiger charge is 2.34. The average molecular weight is 311 g/mol. The molecule has 0 atom stereocenters. The molecule has 1 aliphatic heterocycles. The number of nitrogen functional groups attached to an aromatic ring is 1. The lowest BCUT2D eigenvalue weighted by Crippen LogP contribution is -2.49. The number of sulfonamides is 1. The number of nitrogens with two attached hydrogens (primary N) is 1. The Labute approximate surface area is 125 Å². The number of benzene rings is 1. The van der Waals surface area contributed by atoms with Crippen molar-refractivity contribution in [2.75, 3.05) is 39.0 Å². The Balaban J connectivity index is 1.75. The normalized spacial score (nSPS) is 21.4. The third kappa shape index (κ3) is 2.86. The fourth-order valence-corrected chi connectivity index (χ4v) is 4.23. The van der Waals surface area contributed by atoms with Gasteiger partial charge in [-0.05, 0) is 31.0 Å². The van der Waals surface area contributed by atoms with Gasteiger partial charge in [0.2, 0.25) is 10.0 Å². The van der Waals surface area contributed by atoms with Gasteiger partial charge in [-0.3, -0.25) is 4.90 Å². The molecule has 0 bridgehead atoms. The molecule has 6 nitrogen and oxygen atoms in total. The smallest absolute Gasteiger partial charge is 0.243 e. The molecule has 1 heterocycles. The van der Waals surface area contributed by atoms with Crippen molar-refractivity contribution in [1.82, 2.24) is 9.21 Å². The van der Waals surface area contributed by atoms with Gasteiger partial charge in [-0.1, -0.05) is 0 Å². The van der Waals surface area contributed by atoms with Crippen LogP contribution in [0, 0.1) is 0 Å². The second kappa shape index (κ2) is 5.47. The Morgan fingerprint density at radius 1 is 1.19 bits per heavy atom. The van der Waals surface area contributed by atoms with E-state index in [0.717, 1.165) is 13.1 Å². The van der Waals surface area contributed by atoms with Crippen molar-refractivity contribution in [1.29, 1.82) is 0 Å². The number of anilines is 1. The number of rotatable bonds is 4. The van der Waals surface area contributed by atoms with Gasteiger partial charge < -0.3 is 10.5 Å². The third-order valence-electron chi connectivity index (χ3n) is 4.18. The molecule has 3 rings (SSSR count). The van der Waals surface area contributed by atoms with Crippen LogP contribution in [-0.4, -0.2) is 57.0 Å². The molecule has 0 radical (unpaired) electrons. The molecule has 7 heteroatoms. The molecule has 1 saturated heterocycles. The summed E-state index contributed by atoms with van der Waals surface area (Å²) in [7, 11) is -1.96. The van der Waals surface area contributed by atoms with E-state index in [4.69, 9.17) is 10.5 Å². The highest BCUT2D eigenvalue weighted by molar-refractivity contribution is 7.89. The molecule has 1 aromatic carbocycles. The maximum Gasteiger partial charge on any atom is 0.243 e. The molecule has 1 saturated carbocycles. The van der Waals surface area contributed by atoms with Gasteiger partial charge in [0, 0.05) is 32.2 Å². The summed E-state index contributed by atoms with van der Waals surface area (Å²) in [6.07, 6.45) is 2.50. The highest BCUT2D eigenvalue weighted by atomic mass is 32.2. The summed E-state index contributed by atoms with van der Waals surface area (Å²) in [6, 6.07) is 5.31. The van der Waals surface area contributed by atoms with Gasteiger partial charge in [0.1, 0.15) is 5.75 Å². The van der Waals surface area contributed by atoms with E-state index in [1.807, 2.05) is 0 Å². The van der Waals surface area contributed by atoms with Crippen molar-refractivity contribution in [2.45, 2.75) is 23.8 Å². The lowest BCUT2D eigenvalue weighted by molar-refractivity contribution is 0.180. The molecule has 0 spiro atoms. The van der Waals surface area contributed by atoms with Crippen LogP contribution in [0.1, 0.15) is 12.8 Å². The van der Waals surface area contributed by atoms with E-state index in [0.29, 0.717) is 30.6 Å². The molecule has 0 aromatic heterocycles. The number of hydrogen-bond donors (Lipinski definition) is 1. The molecule has 21 heavy (non-hydrogen) atoms. The van der Waals surface area contributed by atoms with Gasteiger partial charge in [-0.2, -0.15) is 4.31 Å². The summed E-state index contributed by atoms with van der Waals surface area (Å²) in [6.45, 7) is 2.72. The van der Waals surface area contributed by atoms with Crippen LogP contribution in [0.5, 0.6) is 5.75 Å². The van der Waals surface area contributed by atoms with Crippen molar-refractivity contribution in [3.05, 3.63) is 18.2 Å². The van der Waals surface area contributed by atoms with Crippen LogP contribution in [-0.2, 0) is 10.0 Å². The Morgan fingerprint density at radius 3 is 2.38 bits per heavy atom. The lowest BCUT2D eigenvalue weighted by atomic mass is 10.3. The highest BCUT2D eigenvalue weighted by Crippen LogP contribution is 2.30. The summed E-state index contributed by atoms with van der Waals surface area (Å²) in [5.74, 6) is 0.493. The zero-order chi connectivity index (χ0) is 15.0. The van der Waals surface area contributed by atoms with Crippen LogP contribution in [0.25, 0.3) is 0 Å². The predicted octanol–water partition coefficient (Wildman–Crippen LogP) is 0.746. The molecular weight excluding hydrogens is 290 g/mol. The Morgan fingerprint density at radius 2 is 1.86 bits per heavy atom. The fraction of sp³-hybridized carbons (Fsp3) is 0.571. The standard InChI is InChI=1S/C14H21N3O3S/c1-20-14-5-4-12(10-13(14)15)21(18,19)17-8-6-16(7-9-17)11-2-3-11/h4-5,10-11H,2-3,6-9,15H2,1H3. The van der Waals surface area contributed by atoms with Crippen LogP contribution in [0.3, 0.4) is 0 Å². The van der Waals surface area contributed by atoms with Gasteiger partial charge in [-0.25, -0.2) is 8.42 Å². The first-order chi connectivity index (χ1) is 10.0. The van der Waals surface area contributed by atoms with Crippen molar-refractivity contribution in [3.8, 4) is 5.75 Å². The topological polar surface area (TPSA) is 75.9 Å². The predicted molar refractivity (Wildman–Crippen MR) is 80.8 cm³/mol. The summed E-state index contributed by atoms with van der Waals surface area (Å²) < 4.78 is 31.9. The van der Waals surface area contributed by atoms with E-state index in [-0.39, 0.29) is 4.90 Å². The Bertz CT molecular complexity index is 620. The molecule has 0 amide bonds.